The number of methoxy groups -OCH3 is 1. The molecular formula is C15H19ClN4OS. The standard InChI is InChI=1S/C15H19ClN4OS/c1-11-12(16)10-20(19-11)9-5-8-17-15(22)18-13-6-3-4-7-14(13)21-2/h3-4,6-7,10H,5,8-9H2,1-2H3,(H2,17,18,22). The minimum atomic E-state index is 0.569. The molecule has 2 aromatic rings. The number of anilines is 1. The lowest BCUT2D eigenvalue weighted by Gasteiger charge is -2.13. The number of aromatic nitrogens is 2. The van der Waals surface area contributed by atoms with Gasteiger partial charge in [0, 0.05) is 19.3 Å². The van der Waals surface area contributed by atoms with Crippen molar-refractivity contribution >= 4 is 34.6 Å². The summed E-state index contributed by atoms with van der Waals surface area (Å²) in [5.41, 5.74) is 1.69. The Balaban J connectivity index is 1.74. The number of rotatable bonds is 6. The highest BCUT2D eigenvalue weighted by atomic mass is 35.5. The lowest BCUT2D eigenvalue weighted by atomic mass is 10.3. The van der Waals surface area contributed by atoms with E-state index in [2.05, 4.69) is 15.7 Å². The van der Waals surface area contributed by atoms with Gasteiger partial charge in [0.25, 0.3) is 0 Å². The molecule has 22 heavy (non-hydrogen) atoms. The molecule has 0 aliphatic rings. The second-order valence-corrected chi connectivity index (χ2v) is 5.58. The van der Waals surface area contributed by atoms with Crippen molar-refractivity contribution in [2.24, 2.45) is 0 Å². The fourth-order valence-corrected chi connectivity index (χ4v) is 2.33. The Morgan fingerprint density at radius 2 is 2.18 bits per heavy atom. The van der Waals surface area contributed by atoms with Crippen molar-refractivity contribution in [3.8, 4) is 5.75 Å². The second kappa shape index (κ2) is 8.00. The summed E-state index contributed by atoms with van der Waals surface area (Å²) < 4.78 is 7.11. The van der Waals surface area contributed by atoms with Crippen LogP contribution in [0.3, 0.4) is 0 Å². The first-order valence-electron chi connectivity index (χ1n) is 6.97. The van der Waals surface area contributed by atoms with Crippen LogP contribution < -0.4 is 15.4 Å². The van der Waals surface area contributed by atoms with Crippen LogP contribution >= 0.6 is 23.8 Å². The number of nitrogens with one attached hydrogen (secondary N) is 2. The van der Waals surface area contributed by atoms with E-state index >= 15 is 0 Å². The first-order valence-corrected chi connectivity index (χ1v) is 7.76. The van der Waals surface area contributed by atoms with Gasteiger partial charge in [-0.05, 0) is 37.7 Å². The van der Waals surface area contributed by atoms with E-state index in [9.17, 15) is 0 Å². The molecule has 0 saturated carbocycles. The Morgan fingerprint density at radius 3 is 2.86 bits per heavy atom. The van der Waals surface area contributed by atoms with E-state index in [4.69, 9.17) is 28.6 Å². The zero-order valence-corrected chi connectivity index (χ0v) is 14.2. The third-order valence-electron chi connectivity index (χ3n) is 3.09. The van der Waals surface area contributed by atoms with Gasteiger partial charge in [-0.2, -0.15) is 5.10 Å². The van der Waals surface area contributed by atoms with E-state index in [1.54, 1.807) is 7.11 Å². The average molecular weight is 339 g/mol. The highest BCUT2D eigenvalue weighted by Gasteiger charge is 2.04. The van der Waals surface area contributed by atoms with E-state index in [1.165, 1.54) is 0 Å². The molecule has 2 rings (SSSR count). The molecule has 0 bridgehead atoms. The van der Waals surface area contributed by atoms with Crippen LogP contribution in [0.2, 0.25) is 5.02 Å². The Morgan fingerprint density at radius 1 is 1.41 bits per heavy atom. The lowest BCUT2D eigenvalue weighted by molar-refractivity contribution is 0.417. The Bertz CT molecular complexity index is 625. The number of ether oxygens (including phenoxy) is 1. The second-order valence-electron chi connectivity index (χ2n) is 4.76. The van der Waals surface area contributed by atoms with Gasteiger partial charge in [-0.25, -0.2) is 0 Å². The fraction of sp³-hybridized carbons (Fsp3) is 0.333. The van der Waals surface area contributed by atoms with Crippen molar-refractivity contribution in [3.63, 3.8) is 0 Å². The summed E-state index contributed by atoms with van der Waals surface area (Å²) in [6, 6.07) is 7.64. The van der Waals surface area contributed by atoms with Crippen LogP contribution in [0.1, 0.15) is 12.1 Å². The maximum atomic E-state index is 5.97. The smallest absolute Gasteiger partial charge is 0.170 e. The number of halogens is 1. The molecule has 1 aromatic carbocycles. The molecule has 0 spiro atoms. The molecule has 2 N–H and O–H groups in total. The molecule has 0 radical (unpaired) electrons. The molecule has 1 heterocycles. The van der Waals surface area contributed by atoms with Crippen LogP contribution in [0.4, 0.5) is 5.69 Å². The maximum Gasteiger partial charge on any atom is 0.170 e. The summed E-state index contributed by atoms with van der Waals surface area (Å²) in [5, 5.41) is 11.9. The first-order chi connectivity index (χ1) is 10.6. The van der Waals surface area contributed by atoms with Gasteiger partial charge in [-0.3, -0.25) is 4.68 Å². The van der Waals surface area contributed by atoms with E-state index < -0.39 is 0 Å². The van der Waals surface area contributed by atoms with Gasteiger partial charge in [-0.15, -0.1) is 0 Å². The van der Waals surface area contributed by atoms with E-state index in [1.807, 2.05) is 42.1 Å². The van der Waals surface area contributed by atoms with Gasteiger partial charge < -0.3 is 15.4 Å². The minimum Gasteiger partial charge on any atom is -0.495 e. The number of para-hydroxylation sites is 2. The van der Waals surface area contributed by atoms with E-state index in [-0.39, 0.29) is 0 Å². The summed E-state index contributed by atoms with van der Waals surface area (Å²) >= 11 is 11.2. The van der Waals surface area contributed by atoms with Crippen LogP contribution in [-0.4, -0.2) is 28.5 Å². The number of thiocarbonyl (C=S) groups is 1. The Kier molecular flexibility index (Phi) is 6.03. The number of hydrogen-bond donors (Lipinski definition) is 2. The molecule has 1 aromatic heterocycles. The molecule has 7 heteroatoms. The zero-order valence-electron chi connectivity index (χ0n) is 12.6. The molecule has 0 atom stereocenters. The van der Waals surface area contributed by atoms with E-state index in [0.29, 0.717) is 10.1 Å². The van der Waals surface area contributed by atoms with Crippen LogP contribution in [0.5, 0.6) is 5.75 Å². The molecule has 0 aliphatic heterocycles. The summed E-state index contributed by atoms with van der Waals surface area (Å²) in [7, 11) is 1.63. The third-order valence-corrected chi connectivity index (χ3v) is 3.71. The average Bonchev–Trinajstić information content (AvgIpc) is 2.83. The van der Waals surface area contributed by atoms with Crippen LogP contribution in [-0.2, 0) is 6.54 Å². The SMILES string of the molecule is COc1ccccc1NC(=S)NCCCn1cc(Cl)c(C)n1. The highest BCUT2D eigenvalue weighted by molar-refractivity contribution is 7.80. The quantitative estimate of drug-likeness (QED) is 0.625. The number of benzene rings is 1. The van der Waals surface area contributed by atoms with Crippen molar-refractivity contribution in [3.05, 3.63) is 41.2 Å². The van der Waals surface area contributed by atoms with Crippen LogP contribution in [0, 0.1) is 6.92 Å². The Labute approximate surface area is 140 Å². The van der Waals surface area contributed by atoms with Gasteiger partial charge in [0.05, 0.1) is 23.5 Å². The summed E-state index contributed by atoms with van der Waals surface area (Å²) in [5.74, 6) is 0.758. The van der Waals surface area contributed by atoms with Crippen molar-refractivity contribution in [2.75, 3.05) is 19.0 Å². The normalized spacial score (nSPS) is 10.3. The van der Waals surface area contributed by atoms with Gasteiger partial charge in [0.1, 0.15) is 5.75 Å². The molecule has 0 aliphatic carbocycles. The van der Waals surface area contributed by atoms with Gasteiger partial charge in [0.2, 0.25) is 0 Å². The minimum absolute atomic E-state index is 0.569. The van der Waals surface area contributed by atoms with Gasteiger partial charge >= 0.3 is 0 Å². The van der Waals surface area contributed by atoms with Crippen molar-refractivity contribution in [1.82, 2.24) is 15.1 Å². The highest BCUT2D eigenvalue weighted by Crippen LogP contribution is 2.22. The predicted molar refractivity (Wildman–Crippen MR) is 93.8 cm³/mol. The first kappa shape index (κ1) is 16.6. The summed E-state index contributed by atoms with van der Waals surface area (Å²) in [6.07, 6.45) is 2.73. The van der Waals surface area contributed by atoms with Gasteiger partial charge in [0.15, 0.2) is 5.11 Å². The third kappa shape index (κ3) is 4.61. The summed E-state index contributed by atoms with van der Waals surface area (Å²) in [6.45, 7) is 3.43. The monoisotopic (exact) mass is 338 g/mol. The van der Waals surface area contributed by atoms with Crippen molar-refractivity contribution in [2.45, 2.75) is 19.9 Å². The van der Waals surface area contributed by atoms with Crippen LogP contribution in [0.25, 0.3) is 0 Å². The zero-order chi connectivity index (χ0) is 15.9. The number of hydrogen-bond acceptors (Lipinski definition) is 3. The molecular weight excluding hydrogens is 320 g/mol. The van der Waals surface area contributed by atoms with E-state index in [0.717, 1.165) is 36.6 Å². The van der Waals surface area contributed by atoms with Gasteiger partial charge in [-0.1, -0.05) is 23.7 Å². The molecule has 118 valence electrons. The maximum absolute atomic E-state index is 5.97. The fourth-order valence-electron chi connectivity index (χ4n) is 1.97. The number of aryl methyl sites for hydroxylation is 2. The lowest BCUT2D eigenvalue weighted by Crippen LogP contribution is -2.30. The Hall–Kier alpha value is -1.79. The molecule has 0 unspecified atom stereocenters. The molecule has 5 nitrogen and oxygen atoms in total. The van der Waals surface area contributed by atoms with Crippen LogP contribution in [0.15, 0.2) is 30.5 Å². The molecule has 0 fully saturated rings. The molecule has 0 amide bonds. The topological polar surface area (TPSA) is 51.1 Å². The summed E-state index contributed by atoms with van der Waals surface area (Å²) in [4.78, 5) is 0. The van der Waals surface area contributed by atoms with Crippen molar-refractivity contribution < 1.29 is 4.74 Å². The predicted octanol–water partition coefficient (Wildman–Crippen LogP) is 3.23. The number of nitrogens with zero attached hydrogens (tertiary/aromatic N) is 2. The largest absolute Gasteiger partial charge is 0.495 e. The van der Waals surface area contributed by atoms with Crippen molar-refractivity contribution in [1.29, 1.82) is 0 Å². The molecule has 0 saturated heterocycles.